The molecule has 1 fully saturated rings. The van der Waals surface area contributed by atoms with Crippen LogP contribution < -0.4 is 10.6 Å². The van der Waals surface area contributed by atoms with E-state index in [9.17, 15) is 9.59 Å². The number of nitrogens with one attached hydrogen (secondary N) is 2. The van der Waals surface area contributed by atoms with Crippen molar-refractivity contribution in [3.8, 4) is 0 Å². The molecule has 0 aromatic heterocycles. The molecule has 0 radical (unpaired) electrons. The average molecular weight is 382 g/mol. The van der Waals surface area contributed by atoms with E-state index in [0.29, 0.717) is 32.7 Å². The second kappa shape index (κ2) is 11.0. The molecule has 1 heterocycles. The van der Waals surface area contributed by atoms with E-state index in [4.69, 9.17) is 16.3 Å². The molecule has 1 aliphatic rings. The Morgan fingerprint density at radius 2 is 1.88 bits per heavy atom. The molecule has 1 aliphatic heterocycles. The first-order chi connectivity index (χ1) is 12.6. The van der Waals surface area contributed by atoms with Crippen molar-refractivity contribution in [1.82, 2.24) is 15.5 Å². The molecule has 1 aromatic rings. The van der Waals surface area contributed by atoms with Gasteiger partial charge in [-0.15, -0.1) is 0 Å². The van der Waals surface area contributed by atoms with Crippen LogP contribution in [0.25, 0.3) is 0 Å². The summed E-state index contributed by atoms with van der Waals surface area (Å²) < 4.78 is 5.00. The molecule has 2 N–H and O–H groups in total. The molecule has 1 aromatic carbocycles. The summed E-state index contributed by atoms with van der Waals surface area (Å²) in [7, 11) is 0. The Hall–Kier alpha value is -1.79. The highest BCUT2D eigenvalue weighted by Gasteiger charge is 2.24. The van der Waals surface area contributed by atoms with Gasteiger partial charge in [-0.1, -0.05) is 23.7 Å². The zero-order chi connectivity index (χ0) is 18.8. The zero-order valence-corrected chi connectivity index (χ0v) is 16.1. The molecule has 6 nitrogen and oxygen atoms in total. The molecule has 0 atom stereocenters. The number of rotatable bonds is 8. The van der Waals surface area contributed by atoms with Crippen LogP contribution in [0.3, 0.4) is 0 Å². The number of likely N-dealkylation sites (tertiary alicyclic amines) is 1. The predicted molar refractivity (Wildman–Crippen MR) is 102 cm³/mol. The van der Waals surface area contributed by atoms with E-state index in [2.05, 4.69) is 10.6 Å². The lowest BCUT2D eigenvalue weighted by atomic mass is 10.1. The molecule has 144 valence electrons. The van der Waals surface area contributed by atoms with Crippen molar-refractivity contribution in [1.29, 1.82) is 0 Å². The molecular formula is C19H28ClN3O3. The summed E-state index contributed by atoms with van der Waals surface area (Å²) in [6, 6.07) is 7.94. The lowest BCUT2D eigenvalue weighted by molar-refractivity contribution is -0.121. The summed E-state index contributed by atoms with van der Waals surface area (Å²) in [5, 5.41) is 7.08. The maximum absolute atomic E-state index is 12.0. The van der Waals surface area contributed by atoms with Gasteiger partial charge in [0, 0.05) is 37.1 Å². The molecule has 0 unspecified atom stereocenters. The number of ether oxygens (including phenoxy) is 1. The molecule has 0 saturated carbocycles. The SMILES string of the molecule is CCOC(=O)N1CCC(NC(=O)CCNCCc2ccc(Cl)cc2)CC1. The lowest BCUT2D eigenvalue weighted by Crippen LogP contribution is -2.47. The minimum Gasteiger partial charge on any atom is -0.450 e. The average Bonchev–Trinajstić information content (AvgIpc) is 2.64. The molecular weight excluding hydrogens is 354 g/mol. The summed E-state index contributed by atoms with van der Waals surface area (Å²) in [6.45, 7) is 4.93. The van der Waals surface area contributed by atoms with Crippen molar-refractivity contribution < 1.29 is 14.3 Å². The van der Waals surface area contributed by atoms with Crippen LogP contribution in [0, 0.1) is 0 Å². The van der Waals surface area contributed by atoms with Crippen molar-refractivity contribution in [3.05, 3.63) is 34.9 Å². The highest BCUT2D eigenvalue weighted by atomic mass is 35.5. The van der Waals surface area contributed by atoms with Gasteiger partial charge in [-0.25, -0.2) is 4.79 Å². The monoisotopic (exact) mass is 381 g/mol. The Morgan fingerprint density at radius 3 is 2.54 bits per heavy atom. The van der Waals surface area contributed by atoms with Gasteiger partial charge in [0.25, 0.3) is 0 Å². The number of amides is 2. The van der Waals surface area contributed by atoms with E-state index >= 15 is 0 Å². The van der Waals surface area contributed by atoms with Crippen molar-refractivity contribution in [3.63, 3.8) is 0 Å². The number of benzene rings is 1. The zero-order valence-electron chi connectivity index (χ0n) is 15.3. The van der Waals surface area contributed by atoms with E-state index in [1.54, 1.807) is 11.8 Å². The van der Waals surface area contributed by atoms with Gasteiger partial charge in [-0.3, -0.25) is 4.79 Å². The number of hydrogen-bond donors (Lipinski definition) is 2. The fraction of sp³-hybridized carbons (Fsp3) is 0.579. The number of carbonyl (C=O) groups is 2. The van der Waals surface area contributed by atoms with Crippen molar-refractivity contribution >= 4 is 23.6 Å². The fourth-order valence-electron chi connectivity index (χ4n) is 2.93. The molecule has 1 saturated heterocycles. The topological polar surface area (TPSA) is 70.7 Å². The summed E-state index contributed by atoms with van der Waals surface area (Å²) in [4.78, 5) is 25.4. The van der Waals surface area contributed by atoms with Gasteiger partial charge >= 0.3 is 6.09 Å². The summed E-state index contributed by atoms with van der Waals surface area (Å²) in [6.07, 6.45) is 2.65. The van der Waals surface area contributed by atoms with E-state index in [0.717, 1.165) is 30.8 Å². The fourth-order valence-corrected chi connectivity index (χ4v) is 3.06. The molecule has 26 heavy (non-hydrogen) atoms. The van der Waals surface area contributed by atoms with Crippen molar-refractivity contribution in [2.24, 2.45) is 0 Å². The standard InChI is InChI=1S/C19H28ClN3O3/c1-2-26-19(25)23-13-9-17(10-14-23)22-18(24)8-12-21-11-7-15-3-5-16(20)6-4-15/h3-6,17,21H,2,7-14H2,1H3,(H,22,24). The Balaban J connectivity index is 1.54. The Labute approximate surface area is 160 Å². The highest BCUT2D eigenvalue weighted by molar-refractivity contribution is 6.30. The molecule has 0 spiro atoms. The van der Waals surface area contributed by atoms with E-state index in [1.165, 1.54) is 5.56 Å². The summed E-state index contributed by atoms with van der Waals surface area (Å²) in [5.41, 5.74) is 1.22. The highest BCUT2D eigenvalue weighted by Crippen LogP contribution is 2.12. The van der Waals surface area contributed by atoms with E-state index < -0.39 is 0 Å². The van der Waals surface area contributed by atoms with Crippen LogP contribution in [-0.2, 0) is 16.0 Å². The van der Waals surface area contributed by atoms with Gasteiger partial charge in [0.05, 0.1) is 6.61 Å². The maximum Gasteiger partial charge on any atom is 0.409 e. The number of carbonyl (C=O) groups excluding carboxylic acids is 2. The number of piperidine rings is 1. The van der Waals surface area contributed by atoms with Gasteiger partial charge in [0.2, 0.25) is 5.91 Å². The first-order valence-corrected chi connectivity index (χ1v) is 9.62. The number of nitrogens with zero attached hydrogens (tertiary/aromatic N) is 1. The molecule has 7 heteroatoms. The lowest BCUT2D eigenvalue weighted by Gasteiger charge is -2.31. The van der Waals surface area contributed by atoms with Gasteiger partial charge in [-0.05, 0) is 50.4 Å². The van der Waals surface area contributed by atoms with Crippen LogP contribution in [0.4, 0.5) is 4.79 Å². The first kappa shape index (κ1) is 20.5. The molecule has 2 rings (SSSR count). The van der Waals surface area contributed by atoms with E-state index in [1.807, 2.05) is 24.3 Å². The molecule has 0 bridgehead atoms. The molecule has 2 amide bonds. The quantitative estimate of drug-likeness (QED) is 0.679. The Morgan fingerprint density at radius 1 is 1.19 bits per heavy atom. The predicted octanol–water partition coefficient (Wildman–Crippen LogP) is 2.60. The smallest absolute Gasteiger partial charge is 0.409 e. The van der Waals surface area contributed by atoms with Crippen molar-refractivity contribution in [2.75, 3.05) is 32.8 Å². The van der Waals surface area contributed by atoms with Gasteiger partial charge < -0.3 is 20.3 Å². The van der Waals surface area contributed by atoms with Crippen LogP contribution in [-0.4, -0.2) is 55.7 Å². The third-order valence-electron chi connectivity index (χ3n) is 4.42. The van der Waals surface area contributed by atoms with Crippen molar-refractivity contribution in [2.45, 2.75) is 38.6 Å². The van der Waals surface area contributed by atoms with Crippen LogP contribution in [0.2, 0.25) is 5.02 Å². The normalized spacial score (nSPS) is 14.9. The second-order valence-electron chi connectivity index (χ2n) is 6.40. The van der Waals surface area contributed by atoms with Gasteiger partial charge in [0.1, 0.15) is 0 Å². The number of hydrogen-bond acceptors (Lipinski definition) is 4. The minimum atomic E-state index is -0.262. The largest absolute Gasteiger partial charge is 0.450 e. The summed E-state index contributed by atoms with van der Waals surface area (Å²) in [5.74, 6) is 0.0542. The second-order valence-corrected chi connectivity index (χ2v) is 6.84. The van der Waals surface area contributed by atoms with Crippen LogP contribution in [0.15, 0.2) is 24.3 Å². The minimum absolute atomic E-state index is 0.0542. The summed E-state index contributed by atoms with van der Waals surface area (Å²) >= 11 is 5.86. The van der Waals surface area contributed by atoms with Gasteiger partial charge in [0.15, 0.2) is 0 Å². The van der Waals surface area contributed by atoms with E-state index in [-0.39, 0.29) is 18.0 Å². The Kier molecular flexibility index (Phi) is 8.71. The first-order valence-electron chi connectivity index (χ1n) is 9.24. The van der Waals surface area contributed by atoms with Crippen LogP contribution in [0.5, 0.6) is 0 Å². The van der Waals surface area contributed by atoms with Crippen LogP contribution in [0.1, 0.15) is 31.7 Å². The van der Waals surface area contributed by atoms with Gasteiger partial charge in [-0.2, -0.15) is 0 Å². The molecule has 0 aliphatic carbocycles. The number of halogens is 1. The Bertz CT molecular complexity index is 572. The van der Waals surface area contributed by atoms with Crippen LogP contribution >= 0.6 is 11.6 Å². The third kappa shape index (κ3) is 7.22. The third-order valence-corrected chi connectivity index (χ3v) is 4.67. The maximum atomic E-state index is 12.0.